The first kappa shape index (κ1) is 9.44. The third-order valence-corrected chi connectivity index (χ3v) is 3.47. The quantitative estimate of drug-likeness (QED) is 0.697. The fraction of sp³-hybridized carbons (Fsp3) is 1.00. The van der Waals surface area contributed by atoms with Crippen LogP contribution < -0.4 is 5.73 Å². The molecule has 0 amide bonds. The van der Waals surface area contributed by atoms with E-state index in [1.165, 1.54) is 25.7 Å². The van der Waals surface area contributed by atoms with Crippen LogP contribution in [0.4, 0.5) is 0 Å². The summed E-state index contributed by atoms with van der Waals surface area (Å²) in [6, 6.07) is 1.96. The van der Waals surface area contributed by atoms with Crippen molar-refractivity contribution in [2.75, 3.05) is 20.3 Å². The van der Waals surface area contributed by atoms with Crippen LogP contribution in [0.5, 0.6) is 0 Å². The summed E-state index contributed by atoms with van der Waals surface area (Å²) >= 11 is 0. The summed E-state index contributed by atoms with van der Waals surface area (Å²) in [5, 5.41) is 0. The zero-order valence-corrected chi connectivity index (χ0v) is 8.41. The Labute approximate surface area is 80.2 Å². The highest BCUT2D eigenvalue weighted by molar-refractivity contribution is 4.96. The molecule has 0 radical (unpaired) electrons. The molecule has 0 aromatic rings. The molecule has 1 unspecified atom stereocenters. The molecular weight excluding hydrogens is 164 g/mol. The number of fused-ring (bicyclic) bond motifs is 2. The molecule has 2 bridgehead atoms. The van der Waals surface area contributed by atoms with Crippen LogP contribution >= 0.6 is 0 Å². The SMILES string of the molecule is COCCN1[C@@H]2CC[C@H]1CC(N)C2. The number of rotatable bonds is 3. The topological polar surface area (TPSA) is 38.5 Å². The Bertz CT molecular complexity index is 160. The van der Waals surface area contributed by atoms with Gasteiger partial charge in [-0.3, -0.25) is 4.90 Å². The molecule has 13 heavy (non-hydrogen) atoms. The van der Waals surface area contributed by atoms with Crippen molar-refractivity contribution in [2.24, 2.45) is 5.73 Å². The fourth-order valence-corrected chi connectivity index (χ4v) is 2.88. The molecule has 2 fully saturated rings. The average molecular weight is 184 g/mol. The van der Waals surface area contributed by atoms with Crippen LogP contribution in [0.25, 0.3) is 0 Å². The van der Waals surface area contributed by atoms with Crippen molar-refractivity contribution >= 4 is 0 Å². The van der Waals surface area contributed by atoms with Crippen molar-refractivity contribution in [1.82, 2.24) is 4.90 Å². The van der Waals surface area contributed by atoms with Crippen LogP contribution in [0.1, 0.15) is 25.7 Å². The zero-order chi connectivity index (χ0) is 9.26. The summed E-state index contributed by atoms with van der Waals surface area (Å²) in [7, 11) is 1.78. The Kier molecular flexibility index (Phi) is 2.86. The largest absolute Gasteiger partial charge is 0.383 e. The molecule has 0 aromatic heterocycles. The van der Waals surface area contributed by atoms with Crippen molar-refractivity contribution in [3.63, 3.8) is 0 Å². The van der Waals surface area contributed by atoms with Gasteiger partial charge < -0.3 is 10.5 Å². The molecule has 3 heteroatoms. The van der Waals surface area contributed by atoms with E-state index in [9.17, 15) is 0 Å². The maximum atomic E-state index is 5.99. The second-order valence-corrected chi connectivity index (χ2v) is 4.35. The molecule has 0 aliphatic carbocycles. The van der Waals surface area contributed by atoms with E-state index in [0.29, 0.717) is 6.04 Å². The van der Waals surface area contributed by atoms with Gasteiger partial charge in [0.25, 0.3) is 0 Å². The molecule has 2 rings (SSSR count). The van der Waals surface area contributed by atoms with Crippen molar-refractivity contribution in [2.45, 2.75) is 43.8 Å². The Morgan fingerprint density at radius 2 is 1.92 bits per heavy atom. The molecule has 3 nitrogen and oxygen atoms in total. The van der Waals surface area contributed by atoms with Crippen LogP contribution in [0.3, 0.4) is 0 Å². The van der Waals surface area contributed by atoms with Gasteiger partial charge in [-0.25, -0.2) is 0 Å². The minimum Gasteiger partial charge on any atom is -0.383 e. The van der Waals surface area contributed by atoms with Crippen molar-refractivity contribution in [3.8, 4) is 0 Å². The molecular formula is C10H20N2O. The van der Waals surface area contributed by atoms with Gasteiger partial charge in [-0.1, -0.05) is 0 Å². The van der Waals surface area contributed by atoms with Gasteiger partial charge in [0.2, 0.25) is 0 Å². The van der Waals surface area contributed by atoms with Gasteiger partial charge in [0.15, 0.2) is 0 Å². The Balaban J connectivity index is 1.90. The van der Waals surface area contributed by atoms with Gasteiger partial charge in [-0.05, 0) is 25.7 Å². The Morgan fingerprint density at radius 3 is 2.46 bits per heavy atom. The standard InChI is InChI=1S/C10H20N2O/c1-13-5-4-12-9-2-3-10(12)7-8(11)6-9/h8-10H,2-7,11H2,1H3/t8?,9-,10+. The lowest BCUT2D eigenvalue weighted by Crippen LogP contribution is -2.48. The monoisotopic (exact) mass is 184 g/mol. The number of hydrogen-bond donors (Lipinski definition) is 1. The molecule has 0 aromatic carbocycles. The van der Waals surface area contributed by atoms with Crippen molar-refractivity contribution < 1.29 is 4.74 Å². The Hall–Kier alpha value is -0.120. The highest BCUT2D eigenvalue weighted by Gasteiger charge is 2.38. The van der Waals surface area contributed by atoms with E-state index < -0.39 is 0 Å². The maximum Gasteiger partial charge on any atom is 0.0589 e. The first-order valence-electron chi connectivity index (χ1n) is 5.31. The van der Waals surface area contributed by atoms with E-state index in [1.807, 2.05) is 0 Å². The molecule has 2 N–H and O–H groups in total. The molecule has 0 spiro atoms. The van der Waals surface area contributed by atoms with Crippen LogP contribution in [-0.2, 0) is 4.74 Å². The summed E-state index contributed by atoms with van der Waals surface area (Å²) in [5.74, 6) is 0. The van der Waals surface area contributed by atoms with Gasteiger partial charge in [0.1, 0.15) is 0 Å². The molecule has 2 aliphatic heterocycles. The smallest absolute Gasteiger partial charge is 0.0589 e. The first-order valence-corrected chi connectivity index (χ1v) is 5.31. The van der Waals surface area contributed by atoms with Crippen molar-refractivity contribution in [1.29, 1.82) is 0 Å². The average Bonchev–Trinajstić information content (AvgIpc) is 2.33. The second-order valence-electron chi connectivity index (χ2n) is 4.35. The lowest BCUT2D eigenvalue weighted by Gasteiger charge is -2.37. The van der Waals surface area contributed by atoms with Crippen LogP contribution in [-0.4, -0.2) is 43.3 Å². The lowest BCUT2D eigenvalue weighted by molar-refractivity contribution is 0.0839. The van der Waals surface area contributed by atoms with Crippen molar-refractivity contribution in [3.05, 3.63) is 0 Å². The number of nitrogens with two attached hydrogens (primary N) is 1. The van der Waals surface area contributed by atoms with Gasteiger partial charge in [-0.2, -0.15) is 0 Å². The number of piperidine rings is 1. The molecule has 0 saturated carbocycles. The van der Waals surface area contributed by atoms with Crippen LogP contribution in [0.2, 0.25) is 0 Å². The maximum absolute atomic E-state index is 5.99. The van der Waals surface area contributed by atoms with Gasteiger partial charge in [0.05, 0.1) is 6.61 Å². The summed E-state index contributed by atoms with van der Waals surface area (Å²) < 4.78 is 5.12. The van der Waals surface area contributed by atoms with E-state index in [4.69, 9.17) is 10.5 Å². The fourth-order valence-electron chi connectivity index (χ4n) is 2.88. The third kappa shape index (κ3) is 1.87. The minimum absolute atomic E-state index is 0.455. The predicted molar refractivity (Wildman–Crippen MR) is 52.6 cm³/mol. The lowest BCUT2D eigenvalue weighted by atomic mass is 9.98. The summed E-state index contributed by atoms with van der Waals surface area (Å²) in [5.41, 5.74) is 5.99. The van der Waals surface area contributed by atoms with E-state index in [2.05, 4.69) is 4.90 Å². The zero-order valence-electron chi connectivity index (χ0n) is 8.41. The summed E-state index contributed by atoms with van der Waals surface area (Å²) in [4.78, 5) is 2.60. The number of methoxy groups -OCH3 is 1. The predicted octanol–water partition coefficient (Wildman–Crippen LogP) is 0.587. The van der Waals surface area contributed by atoms with Gasteiger partial charge in [0, 0.05) is 31.8 Å². The number of hydrogen-bond acceptors (Lipinski definition) is 3. The third-order valence-electron chi connectivity index (χ3n) is 3.47. The van der Waals surface area contributed by atoms with Crippen LogP contribution in [0, 0.1) is 0 Å². The highest BCUT2D eigenvalue weighted by atomic mass is 16.5. The van der Waals surface area contributed by atoms with E-state index in [0.717, 1.165) is 25.2 Å². The minimum atomic E-state index is 0.455. The van der Waals surface area contributed by atoms with Gasteiger partial charge >= 0.3 is 0 Å². The van der Waals surface area contributed by atoms with E-state index in [1.54, 1.807) is 7.11 Å². The molecule has 76 valence electrons. The summed E-state index contributed by atoms with van der Waals surface area (Å²) in [6.45, 7) is 1.96. The number of nitrogens with zero attached hydrogens (tertiary/aromatic N) is 1. The molecule has 2 aliphatic rings. The van der Waals surface area contributed by atoms with E-state index in [-0.39, 0.29) is 0 Å². The normalized spacial score (nSPS) is 39.7. The second kappa shape index (κ2) is 3.95. The summed E-state index contributed by atoms with van der Waals surface area (Å²) in [6.07, 6.45) is 5.09. The first-order chi connectivity index (χ1) is 6.31. The molecule has 2 heterocycles. The highest BCUT2D eigenvalue weighted by Crippen LogP contribution is 2.34. The van der Waals surface area contributed by atoms with Gasteiger partial charge in [-0.15, -0.1) is 0 Å². The Morgan fingerprint density at radius 1 is 1.31 bits per heavy atom. The molecule has 3 atom stereocenters. The van der Waals surface area contributed by atoms with E-state index >= 15 is 0 Å². The molecule has 2 saturated heterocycles. The van der Waals surface area contributed by atoms with Crippen LogP contribution in [0.15, 0.2) is 0 Å². The number of ether oxygens (including phenoxy) is 1.